The van der Waals surface area contributed by atoms with Crippen molar-refractivity contribution < 1.29 is 4.79 Å². The molecule has 1 unspecified atom stereocenters. The van der Waals surface area contributed by atoms with Gasteiger partial charge in [-0.15, -0.1) is 0 Å². The van der Waals surface area contributed by atoms with Crippen molar-refractivity contribution in [1.29, 1.82) is 0 Å². The lowest BCUT2D eigenvalue weighted by Crippen LogP contribution is -2.43. The molecule has 1 aliphatic rings. The van der Waals surface area contributed by atoms with E-state index in [4.69, 9.17) is 0 Å². The van der Waals surface area contributed by atoms with Crippen LogP contribution in [0, 0.1) is 6.92 Å². The van der Waals surface area contributed by atoms with Crippen molar-refractivity contribution in [3.8, 4) is 0 Å². The van der Waals surface area contributed by atoms with Gasteiger partial charge < -0.3 is 9.88 Å². The Morgan fingerprint density at radius 2 is 2.33 bits per heavy atom. The average Bonchev–Trinajstić information content (AvgIpc) is 2.90. The van der Waals surface area contributed by atoms with Crippen molar-refractivity contribution in [3.05, 3.63) is 46.4 Å². The van der Waals surface area contributed by atoms with Crippen molar-refractivity contribution in [3.63, 3.8) is 0 Å². The summed E-state index contributed by atoms with van der Waals surface area (Å²) in [7, 11) is 0. The first-order valence-corrected chi connectivity index (χ1v) is 6.96. The highest BCUT2D eigenvalue weighted by Crippen LogP contribution is 2.12. The molecule has 1 N–H and O–H groups in total. The Morgan fingerprint density at radius 1 is 1.48 bits per heavy atom. The van der Waals surface area contributed by atoms with Gasteiger partial charge in [0.05, 0.1) is 5.69 Å². The SMILES string of the molecule is Cc1ccc(=O)n(CC(=O)NC2CCc3nccn3C2)n1. The van der Waals surface area contributed by atoms with Crippen molar-refractivity contribution >= 4 is 5.91 Å². The summed E-state index contributed by atoms with van der Waals surface area (Å²) < 4.78 is 3.24. The molecule has 2 aromatic rings. The van der Waals surface area contributed by atoms with Crippen molar-refractivity contribution in [2.75, 3.05) is 0 Å². The van der Waals surface area contributed by atoms with E-state index in [9.17, 15) is 9.59 Å². The Labute approximate surface area is 121 Å². The van der Waals surface area contributed by atoms with Crippen molar-refractivity contribution in [1.82, 2.24) is 24.6 Å². The zero-order valence-corrected chi connectivity index (χ0v) is 11.8. The van der Waals surface area contributed by atoms with E-state index in [1.807, 2.05) is 10.8 Å². The molecule has 0 aliphatic carbocycles. The number of aromatic nitrogens is 4. The van der Waals surface area contributed by atoms with Crippen LogP contribution in [0.3, 0.4) is 0 Å². The summed E-state index contributed by atoms with van der Waals surface area (Å²) in [5, 5.41) is 7.02. The number of hydrogen-bond acceptors (Lipinski definition) is 4. The number of nitrogens with zero attached hydrogens (tertiary/aromatic N) is 4. The number of carbonyl (C=O) groups excluding carboxylic acids is 1. The number of carbonyl (C=O) groups is 1. The molecule has 2 aromatic heterocycles. The zero-order chi connectivity index (χ0) is 14.8. The normalized spacial score (nSPS) is 17.3. The summed E-state index contributed by atoms with van der Waals surface area (Å²) in [6, 6.07) is 3.13. The summed E-state index contributed by atoms with van der Waals surface area (Å²) in [4.78, 5) is 27.9. The molecule has 0 aromatic carbocycles. The third-order valence-electron chi connectivity index (χ3n) is 3.59. The zero-order valence-electron chi connectivity index (χ0n) is 11.8. The molecule has 0 spiro atoms. The lowest BCUT2D eigenvalue weighted by atomic mass is 10.1. The van der Waals surface area contributed by atoms with Gasteiger partial charge in [0.15, 0.2) is 0 Å². The van der Waals surface area contributed by atoms with Gasteiger partial charge in [-0.25, -0.2) is 9.67 Å². The number of hydrogen-bond donors (Lipinski definition) is 1. The van der Waals surface area contributed by atoms with Gasteiger partial charge >= 0.3 is 0 Å². The maximum absolute atomic E-state index is 12.1. The largest absolute Gasteiger partial charge is 0.350 e. The number of amides is 1. The van der Waals surface area contributed by atoms with E-state index in [0.717, 1.165) is 25.2 Å². The molecule has 110 valence electrons. The third-order valence-corrected chi connectivity index (χ3v) is 3.59. The maximum Gasteiger partial charge on any atom is 0.267 e. The second-order valence-electron chi connectivity index (χ2n) is 5.27. The minimum atomic E-state index is -0.267. The van der Waals surface area contributed by atoms with Crippen LogP contribution in [0.5, 0.6) is 0 Å². The van der Waals surface area contributed by atoms with Crippen LogP contribution in [0.2, 0.25) is 0 Å². The highest BCUT2D eigenvalue weighted by atomic mass is 16.2. The molecule has 0 saturated heterocycles. The van der Waals surface area contributed by atoms with E-state index in [1.165, 1.54) is 10.7 Å². The Hall–Kier alpha value is -2.44. The second-order valence-corrected chi connectivity index (χ2v) is 5.27. The van der Waals surface area contributed by atoms with Crippen molar-refractivity contribution in [2.24, 2.45) is 0 Å². The molecule has 7 heteroatoms. The van der Waals surface area contributed by atoms with Crippen LogP contribution in [-0.2, 0) is 24.3 Å². The molecular formula is C14H17N5O2. The van der Waals surface area contributed by atoms with E-state index in [2.05, 4.69) is 15.4 Å². The number of imidazole rings is 1. The third kappa shape index (κ3) is 3.01. The van der Waals surface area contributed by atoms with E-state index < -0.39 is 0 Å². The van der Waals surface area contributed by atoms with Crippen LogP contribution in [-0.4, -0.2) is 31.3 Å². The number of aryl methyl sites for hydroxylation is 2. The van der Waals surface area contributed by atoms with Gasteiger partial charge in [0, 0.05) is 37.5 Å². The van der Waals surface area contributed by atoms with E-state index in [1.54, 1.807) is 19.2 Å². The van der Waals surface area contributed by atoms with Crippen molar-refractivity contribution in [2.45, 2.75) is 38.9 Å². The molecule has 7 nitrogen and oxygen atoms in total. The molecule has 0 fully saturated rings. The first-order chi connectivity index (χ1) is 10.1. The maximum atomic E-state index is 12.1. The molecule has 1 amide bonds. The van der Waals surface area contributed by atoms with E-state index >= 15 is 0 Å². The lowest BCUT2D eigenvalue weighted by molar-refractivity contribution is -0.122. The van der Waals surface area contributed by atoms with Gasteiger partial charge in [0.1, 0.15) is 12.4 Å². The van der Waals surface area contributed by atoms with E-state index in [0.29, 0.717) is 5.69 Å². The highest BCUT2D eigenvalue weighted by molar-refractivity contribution is 5.75. The summed E-state index contributed by atoms with van der Waals surface area (Å²) >= 11 is 0. The molecule has 1 aliphatic heterocycles. The van der Waals surface area contributed by atoms with Crippen LogP contribution in [0.1, 0.15) is 17.9 Å². The summed E-state index contributed by atoms with van der Waals surface area (Å²) in [6.45, 7) is 2.46. The fourth-order valence-corrected chi connectivity index (χ4v) is 2.56. The van der Waals surface area contributed by atoms with Gasteiger partial charge in [0.25, 0.3) is 5.56 Å². The number of nitrogens with one attached hydrogen (secondary N) is 1. The first-order valence-electron chi connectivity index (χ1n) is 6.96. The number of rotatable bonds is 3. The summed E-state index contributed by atoms with van der Waals surface area (Å²) in [5.74, 6) is 0.862. The Morgan fingerprint density at radius 3 is 3.19 bits per heavy atom. The number of fused-ring (bicyclic) bond motifs is 1. The van der Waals surface area contributed by atoms with Gasteiger partial charge in [-0.05, 0) is 19.4 Å². The fourth-order valence-electron chi connectivity index (χ4n) is 2.56. The topological polar surface area (TPSA) is 81.8 Å². The van der Waals surface area contributed by atoms with Gasteiger partial charge in [-0.1, -0.05) is 0 Å². The Balaban J connectivity index is 1.62. The minimum absolute atomic E-state index is 0.0478. The highest BCUT2D eigenvalue weighted by Gasteiger charge is 2.20. The Bertz CT molecular complexity index is 718. The fraction of sp³-hybridized carbons (Fsp3) is 0.429. The molecular weight excluding hydrogens is 270 g/mol. The monoisotopic (exact) mass is 287 g/mol. The smallest absolute Gasteiger partial charge is 0.267 e. The lowest BCUT2D eigenvalue weighted by Gasteiger charge is -2.24. The molecule has 0 bridgehead atoms. The standard InChI is InChI=1S/C14H17N5O2/c1-10-2-5-14(21)19(17-10)9-13(20)16-11-3-4-12-15-6-7-18(12)8-11/h2,5-7,11H,3-4,8-9H2,1H3,(H,16,20). The quantitative estimate of drug-likeness (QED) is 0.853. The van der Waals surface area contributed by atoms with Gasteiger partial charge in [-0.2, -0.15) is 5.10 Å². The molecule has 21 heavy (non-hydrogen) atoms. The van der Waals surface area contributed by atoms with Crippen LogP contribution < -0.4 is 10.9 Å². The molecule has 1 atom stereocenters. The van der Waals surface area contributed by atoms with Crippen LogP contribution in [0.15, 0.2) is 29.3 Å². The van der Waals surface area contributed by atoms with Gasteiger partial charge in [0.2, 0.25) is 5.91 Å². The minimum Gasteiger partial charge on any atom is -0.350 e. The molecule has 0 saturated carbocycles. The predicted molar refractivity (Wildman–Crippen MR) is 75.7 cm³/mol. The molecule has 3 heterocycles. The van der Waals surface area contributed by atoms with E-state index in [-0.39, 0.29) is 24.1 Å². The first kappa shape index (κ1) is 13.5. The van der Waals surface area contributed by atoms with Crippen LogP contribution in [0.25, 0.3) is 0 Å². The average molecular weight is 287 g/mol. The molecule has 0 radical (unpaired) electrons. The molecule has 3 rings (SSSR count). The Kier molecular flexibility index (Phi) is 3.55. The van der Waals surface area contributed by atoms with Crippen LogP contribution >= 0.6 is 0 Å². The van der Waals surface area contributed by atoms with Crippen LogP contribution in [0.4, 0.5) is 0 Å². The predicted octanol–water partition coefficient (Wildman–Crippen LogP) is -0.121. The second kappa shape index (κ2) is 5.51. The summed E-state index contributed by atoms with van der Waals surface area (Å²) in [5.41, 5.74) is 0.444. The van der Waals surface area contributed by atoms with Gasteiger partial charge in [-0.3, -0.25) is 9.59 Å². The summed E-state index contributed by atoms with van der Waals surface area (Å²) in [6.07, 6.45) is 5.40.